The molecule has 1 atom stereocenters. The molecule has 0 spiro atoms. The molecule has 0 fully saturated rings. The molecule has 0 saturated carbocycles. The predicted octanol–water partition coefficient (Wildman–Crippen LogP) is 1.87. The van der Waals surface area contributed by atoms with E-state index < -0.39 is 0 Å². The fourth-order valence-corrected chi connectivity index (χ4v) is 1.02. The van der Waals surface area contributed by atoms with Crippen molar-refractivity contribution < 1.29 is 4.79 Å². The Hall–Kier alpha value is -1.31. The largest absolute Gasteiger partial charge is 0.312 e. The minimum Gasteiger partial charge on any atom is -0.312 e. The summed E-state index contributed by atoms with van der Waals surface area (Å²) in [4.78, 5) is 12.2. The van der Waals surface area contributed by atoms with Crippen LogP contribution in [0.25, 0.3) is 0 Å². The molecule has 2 nitrogen and oxygen atoms in total. The summed E-state index contributed by atoms with van der Waals surface area (Å²) in [6.07, 6.45) is 0.799. The summed E-state index contributed by atoms with van der Waals surface area (Å²) in [5.41, 5.74) is 0.884. The lowest BCUT2D eigenvalue weighted by Gasteiger charge is -2.21. The molecule has 0 aliphatic rings. The zero-order valence-corrected chi connectivity index (χ0v) is 7.10. The normalized spacial score (nSPS) is 9.92. The van der Waals surface area contributed by atoms with Gasteiger partial charge in [0, 0.05) is 11.7 Å². The van der Waals surface area contributed by atoms with E-state index in [1.807, 2.05) is 37.3 Å². The van der Waals surface area contributed by atoms with Gasteiger partial charge in [0.2, 0.25) is 6.41 Å². The SMILES string of the molecule is [CH2]C(C)N(C=O)c1ccccc1. The van der Waals surface area contributed by atoms with Crippen molar-refractivity contribution in [1.29, 1.82) is 0 Å². The van der Waals surface area contributed by atoms with Crippen molar-refractivity contribution >= 4 is 12.1 Å². The summed E-state index contributed by atoms with van der Waals surface area (Å²) in [5, 5.41) is 0. The average molecular weight is 162 g/mol. The average Bonchev–Trinajstić information content (AvgIpc) is 2.07. The van der Waals surface area contributed by atoms with Gasteiger partial charge < -0.3 is 4.90 Å². The Morgan fingerprint density at radius 1 is 1.42 bits per heavy atom. The van der Waals surface area contributed by atoms with Crippen LogP contribution in [0, 0.1) is 6.92 Å². The lowest BCUT2D eigenvalue weighted by Crippen LogP contribution is -2.28. The van der Waals surface area contributed by atoms with Gasteiger partial charge in [-0.15, -0.1) is 0 Å². The summed E-state index contributed by atoms with van der Waals surface area (Å²) >= 11 is 0. The van der Waals surface area contributed by atoms with Gasteiger partial charge in [0.15, 0.2) is 0 Å². The van der Waals surface area contributed by atoms with E-state index >= 15 is 0 Å². The lowest BCUT2D eigenvalue weighted by molar-refractivity contribution is -0.107. The summed E-state index contributed by atoms with van der Waals surface area (Å²) in [5.74, 6) is 0. The molecule has 0 heterocycles. The number of amides is 1. The van der Waals surface area contributed by atoms with Gasteiger partial charge in [-0.05, 0) is 26.0 Å². The van der Waals surface area contributed by atoms with Crippen LogP contribution in [-0.4, -0.2) is 12.5 Å². The highest BCUT2D eigenvalue weighted by Gasteiger charge is 2.07. The molecule has 1 amide bonds. The van der Waals surface area contributed by atoms with Crippen LogP contribution in [-0.2, 0) is 4.79 Å². The van der Waals surface area contributed by atoms with Gasteiger partial charge >= 0.3 is 0 Å². The molecule has 1 unspecified atom stereocenters. The van der Waals surface area contributed by atoms with E-state index in [1.165, 1.54) is 0 Å². The second-order valence-electron chi connectivity index (χ2n) is 2.70. The summed E-state index contributed by atoms with van der Waals surface area (Å²) in [6, 6.07) is 9.44. The lowest BCUT2D eigenvalue weighted by atomic mass is 10.2. The van der Waals surface area contributed by atoms with Gasteiger partial charge in [-0.3, -0.25) is 4.79 Å². The fraction of sp³-hybridized carbons (Fsp3) is 0.200. The van der Waals surface area contributed by atoms with Crippen molar-refractivity contribution in [2.75, 3.05) is 4.90 Å². The van der Waals surface area contributed by atoms with Gasteiger partial charge in [-0.25, -0.2) is 0 Å². The maximum absolute atomic E-state index is 10.6. The highest BCUT2D eigenvalue weighted by molar-refractivity contribution is 5.75. The van der Waals surface area contributed by atoms with Crippen molar-refractivity contribution in [3.63, 3.8) is 0 Å². The van der Waals surface area contributed by atoms with Crippen LogP contribution >= 0.6 is 0 Å². The van der Waals surface area contributed by atoms with E-state index in [0.29, 0.717) is 0 Å². The third kappa shape index (κ3) is 1.84. The van der Waals surface area contributed by atoms with Crippen LogP contribution < -0.4 is 4.90 Å². The van der Waals surface area contributed by atoms with Crippen molar-refractivity contribution in [3.05, 3.63) is 37.3 Å². The minimum absolute atomic E-state index is 0.0371. The van der Waals surface area contributed by atoms with Crippen molar-refractivity contribution in [1.82, 2.24) is 0 Å². The standard InChI is InChI=1S/C10H12NO/c1-9(2)11(8-12)10-6-4-3-5-7-10/h3-9H,1H2,2H3. The molecule has 2 heteroatoms. The van der Waals surface area contributed by atoms with Crippen LogP contribution in [0.4, 0.5) is 5.69 Å². The second kappa shape index (κ2) is 3.90. The Morgan fingerprint density at radius 3 is 2.42 bits per heavy atom. The van der Waals surface area contributed by atoms with Gasteiger partial charge in [-0.1, -0.05) is 18.2 Å². The number of carbonyl (C=O) groups is 1. The van der Waals surface area contributed by atoms with Gasteiger partial charge in [0.1, 0.15) is 0 Å². The number of hydrogen-bond acceptors (Lipinski definition) is 1. The number of anilines is 1. The first-order chi connectivity index (χ1) is 5.75. The number of rotatable bonds is 3. The van der Waals surface area contributed by atoms with Crippen LogP contribution in [0.15, 0.2) is 30.3 Å². The number of benzene rings is 1. The molecule has 1 rings (SSSR count). The van der Waals surface area contributed by atoms with Crippen molar-refractivity contribution in [2.45, 2.75) is 13.0 Å². The molecule has 0 aliphatic heterocycles. The maximum atomic E-state index is 10.6. The molecule has 0 aliphatic carbocycles. The van der Waals surface area contributed by atoms with Crippen LogP contribution in [0.5, 0.6) is 0 Å². The Labute approximate surface area is 72.8 Å². The first-order valence-electron chi connectivity index (χ1n) is 3.87. The van der Waals surface area contributed by atoms with Gasteiger partial charge in [0.25, 0.3) is 0 Å². The first-order valence-corrected chi connectivity index (χ1v) is 3.87. The minimum atomic E-state index is -0.0371. The monoisotopic (exact) mass is 162 g/mol. The highest BCUT2D eigenvalue weighted by Crippen LogP contribution is 2.13. The van der Waals surface area contributed by atoms with Crippen LogP contribution in [0.2, 0.25) is 0 Å². The van der Waals surface area contributed by atoms with E-state index in [-0.39, 0.29) is 6.04 Å². The molecule has 1 aromatic carbocycles. The smallest absolute Gasteiger partial charge is 0.214 e. The van der Waals surface area contributed by atoms with E-state index in [9.17, 15) is 4.79 Å². The molecule has 1 aromatic rings. The van der Waals surface area contributed by atoms with Crippen molar-refractivity contribution in [2.24, 2.45) is 0 Å². The third-order valence-corrected chi connectivity index (χ3v) is 1.64. The van der Waals surface area contributed by atoms with E-state index in [2.05, 4.69) is 6.92 Å². The zero-order chi connectivity index (χ0) is 8.97. The molecule has 63 valence electrons. The molecule has 0 N–H and O–H groups in total. The van der Waals surface area contributed by atoms with Crippen molar-refractivity contribution in [3.8, 4) is 0 Å². The Morgan fingerprint density at radius 2 is 2.00 bits per heavy atom. The summed E-state index contributed by atoms with van der Waals surface area (Å²) in [7, 11) is 0. The topological polar surface area (TPSA) is 20.3 Å². The molecule has 0 bridgehead atoms. The zero-order valence-electron chi connectivity index (χ0n) is 7.10. The Bertz CT molecular complexity index is 243. The van der Waals surface area contributed by atoms with Crippen LogP contribution in [0.3, 0.4) is 0 Å². The van der Waals surface area contributed by atoms with Gasteiger partial charge in [-0.2, -0.15) is 0 Å². The quantitative estimate of drug-likeness (QED) is 0.621. The third-order valence-electron chi connectivity index (χ3n) is 1.64. The molecule has 12 heavy (non-hydrogen) atoms. The van der Waals surface area contributed by atoms with Gasteiger partial charge in [0.05, 0.1) is 0 Å². The fourth-order valence-electron chi connectivity index (χ4n) is 1.02. The number of para-hydroxylation sites is 1. The molecule has 1 radical (unpaired) electrons. The molecule has 0 aromatic heterocycles. The van der Waals surface area contributed by atoms with E-state index in [4.69, 9.17) is 0 Å². The number of carbonyl (C=O) groups excluding carboxylic acids is 1. The predicted molar refractivity (Wildman–Crippen MR) is 49.8 cm³/mol. The summed E-state index contributed by atoms with van der Waals surface area (Å²) < 4.78 is 0. The highest BCUT2D eigenvalue weighted by atomic mass is 16.1. The molecular weight excluding hydrogens is 150 g/mol. The number of hydrogen-bond donors (Lipinski definition) is 0. The van der Waals surface area contributed by atoms with E-state index in [1.54, 1.807) is 4.90 Å². The molecular formula is C10H12NO. The van der Waals surface area contributed by atoms with E-state index in [0.717, 1.165) is 12.1 Å². The second-order valence-corrected chi connectivity index (χ2v) is 2.70. The maximum Gasteiger partial charge on any atom is 0.214 e. The first kappa shape index (κ1) is 8.78. The summed E-state index contributed by atoms with van der Waals surface area (Å²) in [6.45, 7) is 5.66. The Balaban J connectivity index is 2.88. The van der Waals surface area contributed by atoms with Crippen LogP contribution in [0.1, 0.15) is 6.92 Å². The Kier molecular flexibility index (Phi) is 2.86. The number of nitrogens with zero attached hydrogens (tertiary/aromatic N) is 1. The molecule has 0 saturated heterocycles.